The molecular weight excluding hydrogens is 752 g/mol. The Bertz CT molecular complexity index is 1850. The number of anilines is 1. The van der Waals surface area contributed by atoms with E-state index in [0.717, 1.165) is 57.2 Å². The van der Waals surface area contributed by atoms with Crippen LogP contribution in [0.4, 0.5) is 5.69 Å². The van der Waals surface area contributed by atoms with E-state index in [-0.39, 0.29) is 41.8 Å². The zero-order chi connectivity index (χ0) is 40.3. The van der Waals surface area contributed by atoms with Gasteiger partial charge < -0.3 is 24.4 Å². The Morgan fingerprint density at radius 2 is 1.84 bits per heavy atom. The number of ether oxygens (including phenoxy) is 3. The molecule has 1 amide bonds. The second-order valence-electron chi connectivity index (χ2n) is 16.8. The first-order valence-corrected chi connectivity index (χ1v) is 22.2. The van der Waals surface area contributed by atoms with Crippen LogP contribution in [0.2, 0.25) is 5.02 Å². The maximum atomic E-state index is 13.7. The first-order chi connectivity index (χ1) is 26.8. The lowest BCUT2D eigenvalue weighted by Gasteiger charge is -2.48. The minimum Gasteiger partial charge on any atom is -0.490 e. The molecular formula is C43H61ClN4O7S. The van der Waals surface area contributed by atoms with Crippen molar-refractivity contribution in [1.29, 1.82) is 0 Å². The number of carbonyl (C=O) groups is 2. The predicted octanol–water partition coefficient (Wildman–Crippen LogP) is 5.78. The first kappa shape index (κ1) is 42.6. The SMILES string of the molecule is COCC[C@@H]1[C@@H](C)C/C=C/[C@@](C=O)(OC)[C@@H]2CC[C@H]2CN2C[C@@]3(CCCc4cc(Cl)ccc43)COc3ccc(cc32)C(=O)NS1(=O)=O.C[C@@H]1CNC[C@H](C)N1C. The van der Waals surface area contributed by atoms with E-state index in [1.54, 1.807) is 25.3 Å². The van der Waals surface area contributed by atoms with Crippen molar-refractivity contribution >= 4 is 39.5 Å². The molecule has 13 heteroatoms. The fourth-order valence-electron chi connectivity index (χ4n) is 9.52. The molecule has 2 bridgehead atoms. The Morgan fingerprint density at radius 3 is 2.50 bits per heavy atom. The molecule has 2 aliphatic carbocycles. The van der Waals surface area contributed by atoms with E-state index >= 15 is 0 Å². The number of fused-ring (bicyclic) bond motifs is 4. The van der Waals surface area contributed by atoms with Gasteiger partial charge in [0, 0.05) is 81.0 Å². The van der Waals surface area contributed by atoms with Crippen molar-refractivity contribution < 1.29 is 32.2 Å². The van der Waals surface area contributed by atoms with Crippen molar-refractivity contribution in [3.63, 3.8) is 0 Å². The van der Waals surface area contributed by atoms with Crippen LogP contribution >= 0.6 is 11.6 Å². The van der Waals surface area contributed by atoms with E-state index < -0.39 is 26.8 Å². The van der Waals surface area contributed by atoms with Crippen molar-refractivity contribution in [2.45, 2.75) is 94.1 Å². The molecule has 2 N–H and O–H groups in total. The van der Waals surface area contributed by atoms with Gasteiger partial charge in [-0.3, -0.25) is 14.5 Å². The van der Waals surface area contributed by atoms with Gasteiger partial charge in [0.25, 0.3) is 5.91 Å². The zero-order valence-corrected chi connectivity index (χ0v) is 35.5. The second kappa shape index (κ2) is 17.9. The summed E-state index contributed by atoms with van der Waals surface area (Å²) in [6.07, 6.45) is 9.78. The number of carbonyl (C=O) groups excluding carboxylic acids is 2. The van der Waals surface area contributed by atoms with Gasteiger partial charge >= 0.3 is 0 Å². The summed E-state index contributed by atoms with van der Waals surface area (Å²) >= 11 is 6.42. The van der Waals surface area contributed by atoms with Crippen LogP contribution in [-0.2, 0) is 36.1 Å². The third-order valence-electron chi connectivity index (χ3n) is 13.3. The Morgan fingerprint density at radius 1 is 1.07 bits per heavy atom. The van der Waals surface area contributed by atoms with Crippen molar-refractivity contribution in [3.8, 4) is 5.75 Å². The van der Waals surface area contributed by atoms with Gasteiger partial charge in [0.1, 0.15) is 11.4 Å². The molecule has 1 saturated heterocycles. The number of piperazine rings is 1. The number of hydrogen-bond acceptors (Lipinski definition) is 10. The fraction of sp³-hybridized carbons (Fsp3) is 0.628. The van der Waals surface area contributed by atoms with E-state index in [0.29, 0.717) is 49.0 Å². The summed E-state index contributed by atoms with van der Waals surface area (Å²) < 4.78 is 47.6. The number of aldehydes is 1. The van der Waals surface area contributed by atoms with Crippen LogP contribution in [0.5, 0.6) is 5.75 Å². The molecule has 308 valence electrons. The number of methoxy groups -OCH3 is 2. The standard InChI is InChI=1S/C36H45ClN2O7S.C7H16N2/c1-24-6-4-16-36(22-40,45-3)30-11-8-27(30)20-39-21-35(15-5-7-25-18-28(37)10-12-29(25)35)23-46-32-13-9-26(19-31(32)39)34(41)38-47(42,43)33(24)14-17-44-2;1-6-4-8-5-7(2)9(6)3/h4,9-10,12-13,16,18-19,22,24,27,30,33H,5-8,11,14-15,17,20-21,23H2,1-3H3,(H,38,41);6-8H,4-5H2,1-3H3/b16-4+;/t24-,27-,30+,33+,35-,36-;6-,7+/m0./s1. The number of allylic oxidation sites excluding steroid dienone is 1. The topological polar surface area (TPSA) is 127 Å². The van der Waals surface area contributed by atoms with Gasteiger partial charge in [0.05, 0.1) is 17.5 Å². The van der Waals surface area contributed by atoms with Gasteiger partial charge in [-0.05, 0) is 125 Å². The molecule has 0 unspecified atom stereocenters. The quantitative estimate of drug-likeness (QED) is 0.284. The number of rotatable bonds is 5. The van der Waals surface area contributed by atoms with Gasteiger partial charge in [0.2, 0.25) is 10.0 Å². The molecule has 0 radical (unpaired) electrons. The van der Waals surface area contributed by atoms with Gasteiger partial charge in [0.15, 0.2) is 6.29 Å². The van der Waals surface area contributed by atoms with Crippen LogP contribution in [0.3, 0.4) is 0 Å². The number of nitrogens with one attached hydrogen (secondary N) is 2. The van der Waals surface area contributed by atoms with Crippen LogP contribution in [-0.4, -0.2) is 109 Å². The molecule has 56 heavy (non-hydrogen) atoms. The summed E-state index contributed by atoms with van der Waals surface area (Å²) in [6.45, 7) is 10.6. The van der Waals surface area contributed by atoms with E-state index in [2.05, 4.69) is 52.9 Å². The molecule has 2 aromatic carbocycles. The first-order valence-electron chi connectivity index (χ1n) is 20.2. The third-order valence-corrected chi connectivity index (χ3v) is 15.5. The lowest BCUT2D eigenvalue weighted by molar-refractivity contribution is -0.135. The fourth-order valence-corrected chi connectivity index (χ4v) is 11.4. The van der Waals surface area contributed by atoms with Gasteiger partial charge in [-0.1, -0.05) is 30.7 Å². The summed E-state index contributed by atoms with van der Waals surface area (Å²) in [6, 6.07) is 12.7. The smallest absolute Gasteiger partial charge is 0.264 e. The number of sulfonamides is 1. The van der Waals surface area contributed by atoms with E-state index in [4.69, 9.17) is 25.8 Å². The summed E-state index contributed by atoms with van der Waals surface area (Å²) in [5, 5.41) is 3.19. The highest BCUT2D eigenvalue weighted by Crippen LogP contribution is 2.48. The molecule has 7 rings (SSSR count). The minimum atomic E-state index is -4.09. The number of halogens is 1. The zero-order valence-electron chi connectivity index (χ0n) is 33.9. The lowest BCUT2D eigenvalue weighted by atomic mass is 9.64. The molecule has 8 atom stereocenters. The monoisotopic (exact) mass is 812 g/mol. The second-order valence-corrected chi connectivity index (χ2v) is 19.2. The Balaban J connectivity index is 0.000000520. The summed E-state index contributed by atoms with van der Waals surface area (Å²) in [7, 11) is 1.19. The number of aryl methyl sites for hydroxylation is 1. The van der Waals surface area contributed by atoms with Crippen LogP contribution in [0, 0.1) is 17.8 Å². The minimum absolute atomic E-state index is 0.0648. The summed E-state index contributed by atoms with van der Waals surface area (Å²) in [4.78, 5) is 31.2. The van der Waals surface area contributed by atoms with Crippen molar-refractivity contribution in [2.75, 3.05) is 65.6 Å². The van der Waals surface area contributed by atoms with Gasteiger partial charge in [-0.25, -0.2) is 13.1 Å². The number of amides is 1. The lowest BCUT2D eigenvalue weighted by Crippen LogP contribution is -2.53. The van der Waals surface area contributed by atoms with Gasteiger partial charge in [-0.2, -0.15) is 0 Å². The van der Waals surface area contributed by atoms with Crippen LogP contribution in [0.1, 0.15) is 80.8 Å². The third kappa shape index (κ3) is 8.85. The average molecular weight is 814 g/mol. The Labute approximate surface area is 338 Å². The van der Waals surface area contributed by atoms with E-state index in [1.807, 2.05) is 25.1 Å². The molecule has 2 aromatic rings. The van der Waals surface area contributed by atoms with E-state index in [1.165, 1.54) is 18.2 Å². The molecule has 0 aromatic heterocycles. The van der Waals surface area contributed by atoms with Crippen LogP contribution < -0.4 is 19.7 Å². The number of nitrogens with zero attached hydrogens (tertiary/aromatic N) is 2. The maximum Gasteiger partial charge on any atom is 0.264 e. The summed E-state index contributed by atoms with van der Waals surface area (Å²) in [5.41, 5.74) is 1.97. The molecule has 2 fully saturated rings. The molecule has 3 heterocycles. The molecule has 1 spiro atoms. The Kier molecular flexibility index (Phi) is 13.6. The van der Waals surface area contributed by atoms with Crippen molar-refractivity contribution in [3.05, 3.63) is 70.3 Å². The molecule has 11 nitrogen and oxygen atoms in total. The van der Waals surface area contributed by atoms with E-state index in [9.17, 15) is 18.0 Å². The van der Waals surface area contributed by atoms with Gasteiger partial charge in [-0.15, -0.1) is 0 Å². The highest BCUT2D eigenvalue weighted by atomic mass is 35.5. The Hall–Kier alpha value is -3.00. The average Bonchev–Trinajstić information content (AvgIpc) is 3.31. The highest BCUT2D eigenvalue weighted by molar-refractivity contribution is 7.90. The molecule has 5 aliphatic rings. The number of benzene rings is 2. The van der Waals surface area contributed by atoms with Crippen molar-refractivity contribution in [2.24, 2.45) is 17.8 Å². The summed E-state index contributed by atoms with van der Waals surface area (Å²) in [5.74, 6) is -0.330. The number of hydrogen-bond donors (Lipinski definition) is 2. The largest absolute Gasteiger partial charge is 0.490 e. The predicted molar refractivity (Wildman–Crippen MR) is 221 cm³/mol. The normalized spacial score (nSPS) is 33.6. The van der Waals surface area contributed by atoms with Crippen LogP contribution in [0.15, 0.2) is 48.6 Å². The highest BCUT2D eigenvalue weighted by Gasteiger charge is 2.49. The van der Waals surface area contributed by atoms with Crippen LogP contribution in [0.25, 0.3) is 0 Å². The maximum absolute atomic E-state index is 13.7. The van der Waals surface area contributed by atoms with Crippen molar-refractivity contribution in [1.82, 2.24) is 14.9 Å². The molecule has 1 saturated carbocycles. The molecule has 3 aliphatic heterocycles. The number of likely N-dealkylation sites (N-methyl/N-ethyl adjacent to an activating group) is 1.